The number of hydrogen-bond donors (Lipinski definition) is 0. The molecule has 3 rings (SSSR count). The van der Waals surface area contributed by atoms with Crippen LogP contribution in [-0.2, 0) is 16.0 Å². The molecule has 0 aliphatic carbocycles. The summed E-state index contributed by atoms with van der Waals surface area (Å²) in [5, 5.41) is 9.05. The lowest BCUT2D eigenvalue weighted by molar-refractivity contribution is -0.139. The van der Waals surface area contributed by atoms with Gasteiger partial charge in [-0.25, -0.2) is 5.26 Å². The van der Waals surface area contributed by atoms with Gasteiger partial charge in [0.2, 0.25) is 0 Å². The van der Waals surface area contributed by atoms with Crippen molar-refractivity contribution in [3.05, 3.63) is 29.8 Å². The summed E-state index contributed by atoms with van der Waals surface area (Å²) >= 11 is 0. The van der Waals surface area contributed by atoms with Crippen LogP contribution in [0.3, 0.4) is 0 Å². The largest absolute Gasteiger partial charge is 0.469 e. The summed E-state index contributed by atoms with van der Waals surface area (Å²) in [6.45, 7) is 2.53. The van der Waals surface area contributed by atoms with Crippen molar-refractivity contribution in [3.8, 4) is 5.97 Å². The van der Waals surface area contributed by atoms with Crippen LogP contribution in [-0.4, -0.2) is 32.9 Å². The van der Waals surface area contributed by atoms with E-state index in [4.69, 9.17) is 10.00 Å². The summed E-state index contributed by atoms with van der Waals surface area (Å²) in [5.41, 5.74) is 2.25. The Morgan fingerprint density at radius 2 is 1.76 bits per heavy atom. The van der Waals surface area contributed by atoms with Gasteiger partial charge < -0.3 is 9.64 Å². The van der Waals surface area contributed by atoms with Gasteiger partial charge in [-0.1, -0.05) is 37.6 Å². The number of esters is 1. The fourth-order valence-corrected chi connectivity index (χ4v) is 4.41. The maximum atomic E-state index is 11.3. The Kier molecular flexibility index (Phi) is 6.02. The highest BCUT2D eigenvalue weighted by Crippen LogP contribution is 2.37. The topological polar surface area (TPSA) is 53.3 Å². The molecule has 1 aromatic carbocycles. The Balaban J connectivity index is 1.49. The lowest BCUT2D eigenvalue weighted by Gasteiger charge is -2.39. The molecule has 0 saturated carbocycles. The smallest absolute Gasteiger partial charge is 0.309 e. The molecular weight excluding hydrogens is 311 g/mol. The van der Waals surface area contributed by atoms with E-state index in [0.717, 1.165) is 43.1 Å². The third-order valence-corrected chi connectivity index (χ3v) is 6.04. The molecular formula is C20H27BN2O2. The lowest BCUT2D eigenvalue weighted by atomic mass is 9.41. The number of hydrogen-bond acceptors (Lipinski definition) is 4. The Morgan fingerprint density at radius 1 is 1.16 bits per heavy atom. The standard InChI is InChI=1S/C20H27BN2O2/c1-25-20(24)14-16-2-4-19(5-3-16)23-12-8-18(9-13-23)17-6-10-21(15-22)11-7-17/h2-5,17-18H,6-14H2,1H3. The van der Waals surface area contributed by atoms with Crippen molar-refractivity contribution >= 4 is 18.4 Å². The molecule has 2 aliphatic rings. The van der Waals surface area contributed by atoms with Crippen LogP contribution in [0.25, 0.3) is 0 Å². The van der Waals surface area contributed by atoms with Crippen LogP contribution in [0.15, 0.2) is 24.3 Å². The van der Waals surface area contributed by atoms with Crippen LogP contribution < -0.4 is 4.90 Å². The van der Waals surface area contributed by atoms with Crippen molar-refractivity contribution in [2.24, 2.45) is 11.8 Å². The molecule has 4 nitrogen and oxygen atoms in total. The maximum Gasteiger partial charge on any atom is 0.309 e. The number of methoxy groups -OCH3 is 1. The second kappa shape index (κ2) is 8.42. The van der Waals surface area contributed by atoms with Gasteiger partial charge in [0.25, 0.3) is 6.71 Å². The van der Waals surface area contributed by atoms with Crippen molar-refractivity contribution in [3.63, 3.8) is 0 Å². The summed E-state index contributed by atoms with van der Waals surface area (Å²) in [4.78, 5) is 13.8. The normalized spacial score (nSPS) is 19.5. The van der Waals surface area contributed by atoms with E-state index >= 15 is 0 Å². The predicted octanol–water partition coefficient (Wildman–Crippen LogP) is 3.59. The second-order valence-corrected chi connectivity index (χ2v) is 7.48. The summed E-state index contributed by atoms with van der Waals surface area (Å²) in [6.07, 6.45) is 7.53. The highest BCUT2D eigenvalue weighted by atomic mass is 16.5. The molecule has 2 fully saturated rings. The monoisotopic (exact) mass is 338 g/mol. The third kappa shape index (κ3) is 4.57. The van der Waals surface area contributed by atoms with E-state index in [1.165, 1.54) is 38.5 Å². The van der Waals surface area contributed by atoms with Crippen molar-refractivity contribution < 1.29 is 9.53 Å². The molecule has 25 heavy (non-hydrogen) atoms. The SMILES string of the molecule is COC(=O)Cc1ccc(N2CCC(C3CCB(C#N)CC3)CC2)cc1. The molecule has 0 N–H and O–H groups in total. The van der Waals surface area contributed by atoms with Gasteiger partial charge in [0.15, 0.2) is 0 Å². The van der Waals surface area contributed by atoms with Crippen molar-refractivity contribution in [2.75, 3.05) is 25.1 Å². The average molecular weight is 338 g/mol. The van der Waals surface area contributed by atoms with Gasteiger partial charge in [-0.3, -0.25) is 4.79 Å². The summed E-state index contributed by atoms with van der Waals surface area (Å²) in [6, 6.07) is 8.30. The Bertz CT molecular complexity index is 610. The molecule has 0 unspecified atom stereocenters. The van der Waals surface area contributed by atoms with Gasteiger partial charge in [0.05, 0.1) is 13.5 Å². The van der Waals surface area contributed by atoms with Crippen molar-refractivity contribution in [1.82, 2.24) is 0 Å². The minimum atomic E-state index is -0.195. The van der Waals surface area contributed by atoms with E-state index in [1.54, 1.807) is 0 Å². The number of benzene rings is 1. The fourth-order valence-electron chi connectivity index (χ4n) is 4.41. The number of anilines is 1. The molecule has 132 valence electrons. The molecule has 0 bridgehead atoms. The molecule has 0 amide bonds. The van der Waals surface area contributed by atoms with Gasteiger partial charge >= 0.3 is 5.97 Å². The Morgan fingerprint density at radius 3 is 2.32 bits per heavy atom. The van der Waals surface area contributed by atoms with E-state index in [2.05, 4.69) is 23.0 Å². The van der Waals surface area contributed by atoms with E-state index in [1.807, 2.05) is 12.1 Å². The molecule has 1 aromatic rings. The molecule has 0 aromatic heterocycles. The van der Waals surface area contributed by atoms with E-state index < -0.39 is 0 Å². The molecule has 2 heterocycles. The molecule has 0 atom stereocenters. The van der Waals surface area contributed by atoms with Gasteiger partial charge in [-0.05, 0) is 42.4 Å². The number of ether oxygens (including phenoxy) is 1. The van der Waals surface area contributed by atoms with Crippen LogP contribution >= 0.6 is 0 Å². The summed E-state index contributed by atoms with van der Waals surface area (Å²) in [5.74, 6) is 3.90. The number of carbonyl (C=O) groups is 1. The third-order valence-electron chi connectivity index (χ3n) is 6.04. The van der Waals surface area contributed by atoms with Gasteiger partial charge in [0.1, 0.15) is 0 Å². The van der Waals surface area contributed by atoms with E-state index in [-0.39, 0.29) is 5.97 Å². The van der Waals surface area contributed by atoms with E-state index in [0.29, 0.717) is 13.1 Å². The van der Waals surface area contributed by atoms with Gasteiger partial charge in [-0.15, -0.1) is 0 Å². The van der Waals surface area contributed by atoms with Crippen LogP contribution in [0.4, 0.5) is 5.69 Å². The Labute approximate surface area is 151 Å². The van der Waals surface area contributed by atoms with Crippen molar-refractivity contribution in [2.45, 2.75) is 44.7 Å². The van der Waals surface area contributed by atoms with Crippen molar-refractivity contribution in [1.29, 1.82) is 5.26 Å². The number of carbonyl (C=O) groups excluding carboxylic acids is 1. The highest BCUT2D eigenvalue weighted by Gasteiger charge is 2.31. The molecule has 5 heteroatoms. The van der Waals surface area contributed by atoms with Crippen LogP contribution in [0.2, 0.25) is 12.6 Å². The van der Waals surface area contributed by atoms with Gasteiger partial charge in [-0.2, -0.15) is 0 Å². The second-order valence-electron chi connectivity index (χ2n) is 7.48. The van der Waals surface area contributed by atoms with Crippen LogP contribution in [0.1, 0.15) is 31.2 Å². The first-order chi connectivity index (χ1) is 12.2. The average Bonchev–Trinajstić information content (AvgIpc) is 2.69. The quantitative estimate of drug-likeness (QED) is 0.622. The molecule has 0 spiro atoms. The van der Waals surface area contributed by atoms with E-state index in [9.17, 15) is 4.79 Å². The lowest BCUT2D eigenvalue weighted by Crippen LogP contribution is -2.37. The first-order valence-corrected chi connectivity index (χ1v) is 9.50. The zero-order valence-electron chi connectivity index (χ0n) is 15.1. The predicted molar refractivity (Wildman–Crippen MR) is 101 cm³/mol. The number of nitrogens with zero attached hydrogens (tertiary/aromatic N) is 2. The molecule has 2 saturated heterocycles. The first-order valence-electron chi connectivity index (χ1n) is 9.50. The minimum absolute atomic E-state index is 0.195. The zero-order chi connectivity index (χ0) is 17.6. The minimum Gasteiger partial charge on any atom is -0.469 e. The summed E-state index contributed by atoms with van der Waals surface area (Å²) in [7, 11) is 1.42. The summed E-state index contributed by atoms with van der Waals surface area (Å²) < 4.78 is 4.72. The highest BCUT2D eigenvalue weighted by molar-refractivity contribution is 6.67. The molecule has 0 radical (unpaired) electrons. The van der Waals surface area contributed by atoms with Crippen LogP contribution in [0.5, 0.6) is 0 Å². The zero-order valence-corrected chi connectivity index (χ0v) is 15.1. The molecule has 2 aliphatic heterocycles. The first kappa shape index (κ1) is 17.9. The van der Waals surface area contributed by atoms with Crippen LogP contribution in [0, 0.1) is 23.1 Å². The fraction of sp³-hybridized carbons (Fsp3) is 0.600. The number of rotatable bonds is 4. The number of nitriles is 1. The Hall–Kier alpha value is -1.96. The number of piperidine rings is 1. The maximum absolute atomic E-state index is 11.3. The van der Waals surface area contributed by atoms with Gasteiger partial charge in [0, 0.05) is 24.7 Å².